The van der Waals surface area contributed by atoms with Gasteiger partial charge in [-0.2, -0.15) is 0 Å². The summed E-state index contributed by atoms with van der Waals surface area (Å²) in [5, 5.41) is 18.4. The summed E-state index contributed by atoms with van der Waals surface area (Å²) in [5.74, 6) is -0.101. The number of nitrogens with zero attached hydrogens (tertiary/aromatic N) is 1. The fraction of sp³-hybridized carbons (Fsp3) is 0.0392. The highest BCUT2D eigenvalue weighted by molar-refractivity contribution is 6.25. The van der Waals surface area contributed by atoms with Crippen molar-refractivity contribution in [2.75, 3.05) is 4.90 Å². The average molecular weight is 677 g/mol. The topological polar surface area (TPSA) is 27.1 Å². The van der Waals surface area contributed by atoms with Crippen LogP contribution in [0.15, 0.2) is 189 Å². The Kier molecular flexibility index (Phi) is 7.30. The molecule has 1 heterocycles. The van der Waals surface area contributed by atoms with Gasteiger partial charge in [0, 0.05) is 23.5 Å². The van der Waals surface area contributed by atoms with E-state index in [4.69, 9.17) is 5.41 Å². The van der Waals surface area contributed by atoms with Gasteiger partial charge in [0.05, 0.1) is 6.04 Å². The van der Waals surface area contributed by atoms with E-state index in [1.54, 1.807) is 6.21 Å². The largest absolute Gasteiger partial charge is 0.333 e. The Bertz CT molecular complexity index is 2890. The molecule has 0 aliphatic carbocycles. The number of anilines is 2. The highest BCUT2D eigenvalue weighted by atomic mass is 15.2. The maximum absolute atomic E-state index is 8.53. The summed E-state index contributed by atoms with van der Waals surface area (Å²) in [6, 6.07) is 63.9. The Morgan fingerprint density at radius 3 is 1.60 bits per heavy atom. The zero-order valence-electron chi connectivity index (χ0n) is 29.2. The van der Waals surface area contributed by atoms with E-state index in [2.05, 4.69) is 181 Å². The van der Waals surface area contributed by atoms with Crippen molar-refractivity contribution < 1.29 is 0 Å². The molecule has 2 atom stereocenters. The first-order chi connectivity index (χ1) is 26.2. The molecule has 2 unspecified atom stereocenters. The van der Waals surface area contributed by atoms with Crippen molar-refractivity contribution in [3.8, 4) is 33.4 Å². The van der Waals surface area contributed by atoms with Crippen LogP contribution in [0.25, 0.3) is 76.5 Å². The fourth-order valence-electron chi connectivity index (χ4n) is 8.89. The van der Waals surface area contributed by atoms with E-state index in [9.17, 15) is 0 Å². The van der Waals surface area contributed by atoms with E-state index >= 15 is 0 Å². The molecule has 0 fully saturated rings. The first kappa shape index (κ1) is 31.0. The van der Waals surface area contributed by atoms with E-state index < -0.39 is 0 Å². The number of nitrogens with one attached hydrogen (secondary N) is 1. The first-order valence-corrected chi connectivity index (χ1v) is 18.3. The van der Waals surface area contributed by atoms with Crippen LogP contribution in [0.4, 0.5) is 11.4 Å². The van der Waals surface area contributed by atoms with Crippen molar-refractivity contribution in [2.24, 2.45) is 0 Å². The summed E-state index contributed by atoms with van der Waals surface area (Å²) >= 11 is 0. The Hall–Kier alpha value is -6.77. The van der Waals surface area contributed by atoms with Crippen LogP contribution in [0.1, 0.15) is 11.5 Å². The summed E-state index contributed by atoms with van der Waals surface area (Å²) in [7, 11) is 0. The van der Waals surface area contributed by atoms with E-state index in [1.807, 2.05) is 12.1 Å². The van der Waals surface area contributed by atoms with Crippen LogP contribution < -0.4 is 4.90 Å². The van der Waals surface area contributed by atoms with E-state index in [1.165, 1.54) is 65.3 Å². The Labute approximate surface area is 309 Å². The van der Waals surface area contributed by atoms with E-state index in [0.717, 1.165) is 28.1 Å². The van der Waals surface area contributed by atoms with Gasteiger partial charge in [-0.15, -0.1) is 6.58 Å². The SMILES string of the molecule is C=CC1C(C=N)c2cc(-c3ccc4c(-c5cccc6ccccc56)c5ccccc5c(-c5cccc6ccccc56)c4c3)ccc2N1c1ccccc1. The van der Waals surface area contributed by atoms with Crippen LogP contribution in [0, 0.1) is 5.41 Å². The minimum atomic E-state index is -0.101. The molecule has 0 saturated carbocycles. The molecule has 0 amide bonds. The van der Waals surface area contributed by atoms with Crippen molar-refractivity contribution >= 4 is 60.7 Å². The Morgan fingerprint density at radius 1 is 0.472 bits per heavy atom. The zero-order chi connectivity index (χ0) is 35.5. The molecule has 0 bridgehead atoms. The van der Waals surface area contributed by atoms with Crippen LogP contribution in [0.3, 0.4) is 0 Å². The molecule has 0 aromatic heterocycles. The van der Waals surface area contributed by atoms with Crippen molar-refractivity contribution in [3.05, 3.63) is 194 Å². The number of fused-ring (bicyclic) bond motifs is 5. The molecule has 1 aliphatic heterocycles. The van der Waals surface area contributed by atoms with Crippen LogP contribution in [-0.4, -0.2) is 12.3 Å². The molecule has 9 aromatic carbocycles. The van der Waals surface area contributed by atoms with Gasteiger partial charge in [-0.1, -0.05) is 152 Å². The van der Waals surface area contributed by atoms with Gasteiger partial charge in [0.1, 0.15) is 0 Å². The van der Waals surface area contributed by atoms with Gasteiger partial charge < -0.3 is 10.3 Å². The minimum Gasteiger partial charge on any atom is -0.333 e. The lowest BCUT2D eigenvalue weighted by molar-refractivity contribution is 0.790. The van der Waals surface area contributed by atoms with Crippen LogP contribution in [0.5, 0.6) is 0 Å². The van der Waals surface area contributed by atoms with Crippen molar-refractivity contribution in [3.63, 3.8) is 0 Å². The lowest BCUT2D eigenvalue weighted by Crippen LogP contribution is -2.28. The third-order valence-electron chi connectivity index (χ3n) is 11.2. The summed E-state index contributed by atoms with van der Waals surface area (Å²) in [6.07, 6.45) is 3.56. The summed E-state index contributed by atoms with van der Waals surface area (Å²) in [5.41, 5.74) is 10.6. The third kappa shape index (κ3) is 4.83. The second kappa shape index (κ2) is 12.5. The fourth-order valence-corrected chi connectivity index (χ4v) is 8.89. The van der Waals surface area contributed by atoms with Gasteiger partial charge in [0.25, 0.3) is 0 Å². The zero-order valence-corrected chi connectivity index (χ0v) is 29.2. The quantitative estimate of drug-likeness (QED) is 0.106. The minimum absolute atomic E-state index is 0.0377. The second-order valence-corrected chi connectivity index (χ2v) is 14.0. The smallest absolute Gasteiger partial charge is 0.0638 e. The molecule has 2 heteroatoms. The number of benzene rings is 9. The molecule has 0 spiro atoms. The van der Waals surface area contributed by atoms with Gasteiger partial charge in [-0.3, -0.25) is 0 Å². The Balaban J connectivity index is 1.27. The van der Waals surface area contributed by atoms with Gasteiger partial charge in [0.15, 0.2) is 0 Å². The van der Waals surface area contributed by atoms with Crippen LogP contribution >= 0.6 is 0 Å². The number of hydrogen-bond donors (Lipinski definition) is 1. The van der Waals surface area contributed by atoms with Crippen LogP contribution in [0.2, 0.25) is 0 Å². The van der Waals surface area contributed by atoms with E-state index in [0.29, 0.717) is 0 Å². The maximum atomic E-state index is 8.53. The molecule has 0 saturated heterocycles. The van der Waals surface area contributed by atoms with Gasteiger partial charge >= 0.3 is 0 Å². The highest BCUT2D eigenvalue weighted by Crippen LogP contribution is 2.49. The second-order valence-electron chi connectivity index (χ2n) is 14.0. The average Bonchev–Trinajstić information content (AvgIpc) is 3.55. The molecule has 1 aliphatic rings. The standard InChI is InChI=1S/C51H36N2/c1-2-48-47(32-52)45-30-36(27-29-49(45)53(48)37-18-4-3-5-19-37)35-26-28-44-46(31-35)51(41-25-13-17-34-15-7-9-21-39(34)41)43-23-11-10-22-42(43)50(44)40-24-12-16-33-14-6-8-20-38(33)40/h2-32,47-48,52H,1H2. The maximum Gasteiger partial charge on any atom is 0.0638 e. The molecule has 0 radical (unpaired) electrons. The van der Waals surface area contributed by atoms with Gasteiger partial charge in [0.2, 0.25) is 0 Å². The molecule has 250 valence electrons. The molecule has 1 N–H and O–H groups in total. The molecular weight excluding hydrogens is 641 g/mol. The van der Waals surface area contributed by atoms with Crippen LogP contribution in [-0.2, 0) is 0 Å². The normalized spacial score (nSPS) is 15.3. The number of hydrogen-bond acceptors (Lipinski definition) is 2. The van der Waals surface area contributed by atoms with Crippen molar-refractivity contribution in [1.29, 1.82) is 5.41 Å². The lowest BCUT2D eigenvalue weighted by atomic mass is 9.82. The third-order valence-corrected chi connectivity index (χ3v) is 11.2. The molecule has 53 heavy (non-hydrogen) atoms. The highest BCUT2D eigenvalue weighted by Gasteiger charge is 2.36. The number of rotatable bonds is 6. The van der Waals surface area contributed by atoms with E-state index in [-0.39, 0.29) is 12.0 Å². The predicted molar refractivity (Wildman–Crippen MR) is 227 cm³/mol. The molecule has 10 rings (SSSR count). The Morgan fingerprint density at radius 2 is 0.981 bits per heavy atom. The summed E-state index contributed by atoms with van der Waals surface area (Å²) < 4.78 is 0. The van der Waals surface area contributed by atoms with Gasteiger partial charge in [-0.25, -0.2) is 0 Å². The number of para-hydroxylation sites is 1. The predicted octanol–water partition coefficient (Wildman–Crippen LogP) is 13.7. The summed E-state index contributed by atoms with van der Waals surface area (Å²) in [4.78, 5) is 2.32. The van der Waals surface area contributed by atoms with Crippen molar-refractivity contribution in [1.82, 2.24) is 0 Å². The monoisotopic (exact) mass is 676 g/mol. The van der Waals surface area contributed by atoms with Gasteiger partial charge in [-0.05, 0) is 112 Å². The lowest BCUT2D eigenvalue weighted by Gasteiger charge is -2.27. The molecular formula is C51H36N2. The molecule has 9 aromatic rings. The summed E-state index contributed by atoms with van der Waals surface area (Å²) in [6.45, 7) is 4.21. The van der Waals surface area contributed by atoms with Crippen molar-refractivity contribution in [2.45, 2.75) is 12.0 Å². The first-order valence-electron chi connectivity index (χ1n) is 18.3. The molecule has 2 nitrogen and oxygen atoms in total.